The van der Waals surface area contributed by atoms with Crippen molar-refractivity contribution in [2.75, 3.05) is 33.5 Å². The van der Waals surface area contributed by atoms with Gasteiger partial charge in [-0.3, -0.25) is 4.79 Å². The van der Waals surface area contributed by atoms with Gasteiger partial charge < -0.3 is 24.3 Å². The van der Waals surface area contributed by atoms with E-state index in [0.29, 0.717) is 61.4 Å². The number of rotatable bonds is 12. The Kier molecular flexibility index (Phi) is 8.50. The van der Waals surface area contributed by atoms with E-state index in [9.17, 15) is 4.79 Å². The van der Waals surface area contributed by atoms with Crippen LogP contribution in [0.3, 0.4) is 0 Å². The molecule has 0 aliphatic carbocycles. The smallest absolute Gasteiger partial charge is 0.251 e. The van der Waals surface area contributed by atoms with Gasteiger partial charge in [0, 0.05) is 29.0 Å². The fourth-order valence-electron chi connectivity index (χ4n) is 3.89. The molecule has 1 N–H and O–H groups in total. The Hall–Kier alpha value is -3.79. The molecule has 2 heterocycles. The van der Waals surface area contributed by atoms with Gasteiger partial charge >= 0.3 is 0 Å². The highest BCUT2D eigenvalue weighted by atomic mass is 32.1. The molecule has 2 aromatic carbocycles. The van der Waals surface area contributed by atoms with Crippen molar-refractivity contribution < 1.29 is 23.7 Å². The molecule has 4 rings (SSSR count). The van der Waals surface area contributed by atoms with E-state index in [1.807, 2.05) is 56.5 Å². The molecule has 10 heteroatoms. The highest BCUT2D eigenvalue weighted by Crippen LogP contribution is 2.39. The standard InChI is InChI=1S/C27H32N4O5S/c1-6-34-21-15-19(16-22(35-7-2)24(21)36-8-3)26(32)28-14-13-23-17(4)31-27(37-23)29-25(30-31)18-9-11-20(33-5)12-10-18/h9-12,15-16H,6-8,13-14H2,1-5H3,(H,28,32). The molecule has 0 radical (unpaired) electrons. The molecule has 9 nitrogen and oxygen atoms in total. The Morgan fingerprint density at radius 2 is 1.65 bits per heavy atom. The second-order valence-electron chi connectivity index (χ2n) is 8.08. The third-order valence-electron chi connectivity index (χ3n) is 5.67. The molecule has 0 fully saturated rings. The van der Waals surface area contributed by atoms with E-state index in [0.717, 1.165) is 26.8 Å². The summed E-state index contributed by atoms with van der Waals surface area (Å²) in [6.07, 6.45) is 0.665. The number of carbonyl (C=O) groups excluding carboxylic acids is 1. The molecule has 0 saturated heterocycles. The van der Waals surface area contributed by atoms with Gasteiger partial charge in [-0.15, -0.1) is 5.10 Å². The largest absolute Gasteiger partial charge is 0.497 e. The first-order valence-electron chi connectivity index (χ1n) is 12.3. The summed E-state index contributed by atoms with van der Waals surface area (Å²) in [4.78, 5) is 19.6. The molecule has 37 heavy (non-hydrogen) atoms. The number of nitrogens with one attached hydrogen (secondary N) is 1. The van der Waals surface area contributed by atoms with Crippen molar-refractivity contribution in [1.82, 2.24) is 19.9 Å². The molecule has 0 unspecified atom stereocenters. The summed E-state index contributed by atoms with van der Waals surface area (Å²) in [5.41, 5.74) is 2.40. The third kappa shape index (κ3) is 5.80. The second kappa shape index (κ2) is 12.0. The number of thiazole rings is 1. The van der Waals surface area contributed by atoms with Gasteiger partial charge in [0.05, 0.1) is 32.6 Å². The SMILES string of the molecule is CCOc1cc(C(=O)NCCc2sc3nc(-c4ccc(OC)cc4)nn3c2C)cc(OCC)c1OCC. The van der Waals surface area contributed by atoms with Gasteiger partial charge in [0.15, 0.2) is 17.3 Å². The molecule has 0 bridgehead atoms. The number of fused-ring (bicyclic) bond motifs is 1. The molecule has 0 aliphatic heterocycles. The highest BCUT2D eigenvalue weighted by molar-refractivity contribution is 7.17. The van der Waals surface area contributed by atoms with Crippen LogP contribution in [-0.4, -0.2) is 54.0 Å². The first kappa shape index (κ1) is 26.3. The van der Waals surface area contributed by atoms with E-state index >= 15 is 0 Å². The number of carbonyl (C=O) groups is 1. The number of amides is 1. The van der Waals surface area contributed by atoms with Crippen molar-refractivity contribution in [2.45, 2.75) is 34.1 Å². The zero-order valence-electron chi connectivity index (χ0n) is 21.8. The molecular weight excluding hydrogens is 492 g/mol. The van der Waals surface area contributed by atoms with Crippen molar-refractivity contribution in [1.29, 1.82) is 0 Å². The monoisotopic (exact) mass is 524 g/mol. The van der Waals surface area contributed by atoms with Crippen LogP contribution in [0.2, 0.25) is 0 Å². The lowest BCUT2D eigenvalue weighted by molar-refractivity contribution is 0.0953. The Balaban J connectivity index is 1.45. The number of methoxy groups -OCH3 is 1. The van der Waals surface area contributed by atoms with Crippen molar-refractivity contribution in [3.8, 4) is 34.4 Å². The van der Waals surface area contributed by atoms with Crippen LogP contribution in [0, 0.1) is 6.92 Å². The van der Waals surface area contributed by atoms with E-state index in [1.165, 1.54) is 0 Å². The van der Waals surface area contributed by atoms with Crippen LogP contribution >= 0.6 is 11.3 Å². The summed E-state index contributed by atoms with van der Waals surface area (Å²) in [7, 11) is 1.64. The van der Waals surface area contributed by atoms with Crippen LogP contribution in [-0.2, 0) is 6.42 Å². The van der Waals surface area contributed by atoms with Gasteiger partial charge in [-0.05, 0) is 64.1 Å². The Morgan fingerprint density at radius 3 is 2.22 bits per heavy atom. The fourth-order valence-corrected chi connectivity index (χ4v) is 4.95. The maximum Gasteiger partial charge on any atom is 0.251 e. The first-order chi connectivity index (χ1) is 18.0. The molecular formula is C27H32N4O5S. The zero-order chi connectivity index (χ0) is 26.4. The van der Waals surface area contributed by atoms with Gasteiger partial charge in [-0.2, -0.15) is 4.98 Å². The van der Waals surface area contributed by atoms with Crippen LogP contribution in [0.5, 0.6) is 23.0 Å². The van der Waals surface area contributed by atoms with E-state index < -0.39 is 0 Å². The maximum absolute atomic E-state index is 13.0. The first-order valence-corrected chi connectivity index (χ1v) is 13.1. The molecule has 196 valence electrons. The van der Waals surface area contributed by atoms with Crippen LogP contribution in [0.4, 0.5) is 0 Å². The molecule has 0 spiro atoms. The number of ether oxygens (including phenoxy) is 4. The van der Waals surface area contributed by atoms with Crippen molar-refractivity contribution >= 4 is 22.2 Å². The quantitative estimate of drug-likeness (QED) is 0.280. The predicted octanol–water partition coefficient (Wildman–Crippen LogP) is 4.94. The zero-order valence-corrected chi connectivity index (χ0v) is 22.6. The van der Waals surface area contributed by atoms with E-state index in [4.69, 9.17) is 23.9 Å². The molecule has 4 aromatic rings. The number of aryl methyl sites for hydroxylation is 1. The Labute approximate surface area is 220 Å². The molecule has 0 atom stereocenters. The fraction of sp³-hybridized carbons (Fsp3) is 0.370. The minimum atomic E-state index is -0.205. The molecule has 2 aromatic heterocycles. The number of benzene rings is 2. The minimum Gasteiger partial charge on any atom is -0.497 e. The van der Waals surface area contributed by atoms with Gasteiger partial charge in [0.1, 0.15) is 5.75 Å². The van der Waals surface area contributed by atoms with E-state index in [2.05, 4.69) is 10.4 Å². The normalized spacial score (nSPS) is 10.9. The second-order valence-corrected chi connectivity index (χ2v) is 9.14. The van der Waals surface area contributed by atoms with Crippen molar-refractivity contribution in [3.63, 3.8) is 0 Å². The Morgan fingerprint density at radius 1 is 1.00 bits per heavy atom. The molecule has 0 saturated carbocycles. The van der Waals surface area contributed by atoms with Gasteiger partial charge in [0.25, 0.3) is 5.91 Å². The van der Waals surface area contributed by atoms with E-state index in [-0.39, 0.29) is 5.91 Å². The van der Waals surface area contributed by atoms with Crippen LogP contribution < -0.4 is 24.3 Å². The number of nitrogens with zero attached hydrogens (tertiary/aromatic N) is 3. The number of aromatic nitrogens is 3. The average molecular weight is 525 g/mol. The van der Waals surface area contributed by atoms with Gasteiger partial charge in [0.2, 0.25) is 10.7 Å². The summed E-state index contributed by atoms with van der Waals surface area (Å²) in [5, 5.41) is 7.68. The lowest BCUT2D eigenvalue weighted by Gasteiger charge is -2.17. The topological polar surface area (TPSA) is 96.2 Å². The van der Waals surface area contributed by atoms with Crippen LogP contribution in [0.1, 0.15) is 41.7 Å². The summed E-state index contributed by atoms with van der Waals surface area (Å²) >= 11 is 1.58. The van der Waals surface area contributed by atoms with Crippen molar-refractivity contribution in [3.05, 3.63) is 52.5 Å². The van der Waals surface area contributed by atoms with Gasteiger partial charge in [-0.25, -0.2) is 4.52 Å². The average Bonchev–Trinajstić information content (AvgIpc) is 3.45. The van der Waals surface area contributed by atoms with Crippen LogP contribution in [0.15, 0.2) is 36.4 Å². The predicted molar refractivity (Wildman–Crippen MR) is 144 cm³/mol. The number of hydrogen-bond donors (Lipinski definition) is 1. The molecule has 1 amide bonds. The Bertz CT molecular complexity index is 1340. The van der Waals surface area contributed by atoms with E-state index in [1.54, 1.807) is 30.6 Å². The third-order valence-corrected chi connectivity index (χ3v) is 6.86. The van der Waals surface area contributed by atoms with Crippen LogP contribution in [0.25, 0.3) is 16.3 Å². The van der Waals surface area contributed by atoms with Crippen molar-refractivity contribution in [2.24, 2.45) is 0 Å². The minimum absolute atomic E-state index is 0.205. The summed E-state index contributed by atoms with van der Waals surface area (Å²) in [5.74, 6) is 2.76. The summed E-state index contributed by atoms with van der Waals surface area (Å²) in [6.45, 7) is 9.51. The number of hydrogen-bond acceptors (Lipinski definition) is 8. The summed E-state index contributed by atoms with van der Waals surface area (Å²) in [6, 6.07) is 11.1. The van der Waals surface area contributed by atoms with Gasteiger partial charge in [-0.1, -0.05) is 11.3 Å². The lowest BCUT2D eigenvalue weighted by Crippen LogP contribution is -2.26. The highest BCUT2D eigenvalue weighted by Gasteiger charge is 2.19. The lowest BCUT2D eigenvalue weighted by atomic mass is 10.1. The molecule has 0 aliphatic rings. The maximum atomic E-state index is 13.0. The summed E-state index contributed by atoms with van der Waals surface area (Å²) < 4.78 is 24.3.